The van der Waals surface area contributed by atoms with Crippen molar-refractivity contribution >= 4 is 23.4 Å². The number of hydrogen-bond acceptors (Lipinski definition) is 5. The minimum absolute atomic E-state index is 0.243. The summed E-state index contributed by atoms with van der Waals surface area (Å²) >= 11 is 0. The van der Waals surface area contributed by atoms with Crippen LogP contribution in [-0.2, 0) is 9.59 Å². The Hall–Kier alpha value is -2.77. The Bertz CT molecular complexity index is 736. The normalized spacial score (nSPS) is 19.1. The Morgan fingerprint density at radius 3 is 2.90 bits per heavy atom. The van der Waals surface area contributed by atoms with Gasteiger partial charge < -0.3 is 5.11 Å². The summed E-state index contributed by atoms with van der Waals surface area (Å²) in [6.07, 6.45) is 0.610. The molecule has 0 radical (unpaired) electrons. The van der Waals surface area contributed by atoms with Gasteiger partial charge in [-0.15, -0.1) is 5.10 Å². The predicted octanol–water partition coefficient (Wildman–Crippen LogP) is -0.0523. The fourth-order valence-electron chi connectivity index (χ4n) is 2.26. The van der Waals surface area contributed by atoms with Crippen LogP contribution in [0.3, 0.4) is 0 Å². The highest BCUT2D eigenvalue weighted by atomic mass is 16.4. The SMILES string of the molecule is O=C1CCC(c2cccc3nc(C(=O)O)nn23)C(=O)N1. The largest absolute Gasteiger partial charge is 0.475 e. The second-order valence-electron chi connectivity index (χ2n) is 4.46. The Kier molecular flexibility index (Phi) is 2.70. The molecular weight excluding hydrogens is 264 g/mol. The number of rotatable bonds is 2. The van der Waals surface area contributed by atoms with Gasteiger partial charge in [-0.05, 0) is 18.6 Å². The van der Waals surface area contributed by atoms with Crippen molar-refractivity contribution in [3.63, 3.8) is 0 Å². The van der Waals surface area contributed by atoms with Gasteiger partial charge in [0.05, 0.1) is 11.6 Å². The molecule has 2 aromatic heterocycles. The molecule has 8 heteroatoms. The number of fused-ring (bicyclic) bond motifs is 1. The maximum Gasteiger partial charge on any atom is 0.375 e. The molecule has 0 aliphatic carbocycles. The van der Waals surface area contributed by atoms with Gasteiger partial charge in [-0.2, -0.15) is 0 Å². The fraction of sp³-hybridized carbons (Fsp3) is 0.250. The molecule has 0 aromatic carbocycles. The third-order valence-electron chi connectivity index (χ3n) is 3.18. The first-order chi connectivity index (χ1) is 9.56. The first-order valence-corrected chi connectivity index (χ1v) is 5.99. The summed E-state index contributed by atoms with van der Waals surface area (Å²) in [6, 6.07) is 4.96. The lowest BCUT2D eigenvalue weighted by Crippen LogP contribution is -2.40. The van der Waals surface area contributed by atoms with E-state index in [4.69, 9.17) is 5.11 Å². The van der Waals surface area contributed by atoms with E-state index < -0.39 is 17.8 Å². The number of hydrogen-bond donors (Lipinski definition) is 2. The van der Waals surface area contributed by atoms with Crippen LogP contribution in [-0.4, -0.2) is 37.5 Å². The topological polar surface area (TPSA) is 114 Å². The zero-order valence-electron chi connectivity index (χ0n) is 10.2. The molecule has 102 valence electrons. The highest BCUT2D eigenvalue weighted by Gasteiger charge is 2.30. The molecule has 0 saturated carbocycles. The molecule has 1 aliphatic heterocycles. The number of aromatic carboxylic acids is 1. The van der Waals surface area contributed by atoms with Crippen LogP contribution in [0.15, 0.2) is 18.2 Å². The van der Waals surface area contributed by atoms with E-state index in [0.717, 1.165) is 0 Å². The number of amides is 2. The lowest BCUT2D eigenvalue weighted by molar-refractivity contribution is -0.134. The molecule has 0 bridgehead atoms. The quantitative estimate of drug-likeness (QED) is 0.742. The number of carboxylic acids is 1. The first-order valence-electron chi connectivity index (χ1n) is 5.99. The predicted molar refractivity (Wildman–Crippen MR) is 65.1 cm³/mol. The van der Waals surface area contributed by atoms with Gasteiger partial charge in [0.25, 0.3) is 5.82 Å². The number of carboxylic acid groups (broad SMARTS) is 1. The van der Waals surface area contributed by atoms with Crippen molar-refractivity contribution in [3.05, 3.63) is 29.7 Å². The molecule has 1 fully saturated rings. The lowest BCUT2D eigenvalue weighted by atomic mass is 9.94. The standard InChI is InChI=1S/C12H10N4O4/c17-9-5-4-6(11(18)14-9)7-2-1-3-8-13-10(12(19)20)15-16(7)8/h1-3,6H,4-5H2,(H,19,20)(H,14,17,18). The highest BCUT2D eigenvalue weighted by molar-refractivity contribution is 6.00. The molecule has 2 amide bonds. The fourth-order valence-corrected chi connectivity index (χ4v) is 2.26. The van der Waals surface area contributed by atoms with Crippen LogP contribution in [0.5, 0.6) is 0 Å². The van der Waals surface area contributed by atoms with Crippen LogP contribution in [0.2, 0.25) is 0 Å². The van der Waals surface area contributed by atoms with Crippen molar-refractivity contribution in [2.24, 2.45) is 0 Å². The van der Waals surface area contributed by atoms with E-state index in [1.165, 1.54) is 4.52 Å². The van der Waals surface area contributed by atoms with Gasteiger partial charge in [0.15, 0.2) is 5.65 Å². The van der Waals surface area contributed by atoms with Crippen molar-refractivity contribution in [1.82, 2.24) is 19.9 Å². The second-order valence-corrected chi connectivity index (χ2v) is 4.46. The van der Waals surface area contributed by atoms with Crippen molar-refractivity contribution in [2.75, 3.05) is 0 Å². The zero-order chi connectivity index (χ0) is 14.3. The summed E-state index contributed by atoms with van der Waals surface area (Å²) in [4.78, 5) is 37.8. The smallest absolute Gasteiger partial charge is 0.375 e. The summed E-state index contributed by atoms with van der Waals surface area (Å²) in [7, 11) is 0. The number of aromatic nitrogens is 3. The first kappa shape index (κ1) is 12.3. The highest BCUT2D eigenvalue weighted by Crippen LogP contribution is 2.24. The van der Waals surface area contributed by atoms with Gasteiger partial charge in [0.2, 0.25) is 11.8 Å². The molecule has 20 heavy (non-hydrogen) atoms. The molecule has 3 heterocycles. The third-order valence-corrected chi connectivity index (χ3v) is 3.18. The third kappa shape index (κ3) is 1.91. The molecule has 2 aromatic rings. The van der Waals surface area contributed by atoms with Crippen molar-refractivity contribution in [1.29, 1.82) is 0 Å². The summed E-state index contributed by atoms with van der Waals surface area (Å²) < 4.78 is 1.34. The number of nitrogens with zero attached hydrogens (tertiary/aromatic N) is 3. The average Bonchev–Trinajstić information content (AvgIpc) is 2.83. The van der Waals surface area contributed by atoms with Crippen molar-refractivity contribution in [2.45, 2.75) is 18.8 Å². The van der Waals surface area contributed by atoms with Crippen LogP contribution >= 0.6 is 0 Å². The van der Waals surface area contributed by atoms with Gasteiger partial charge >= 0.3 is 5.97 Å². The summed E-state index contributed by atoms with van der Waals surface area (Å²) in [5, 5.41) is 15.1. The van der Waals surface area contributed by atoms with Crippen molar-refractivity contribution < 1.29 is 19.5 Å². The summed E-state index contributed by atoms with van der Waals surface area (Å²) in [6.45, 7) is 0. The lowest BCUT2D eigenvalue weighted by Gasteiger charge is -2.21. The molecule has 2 N–H and O–H groups in total. The molecule has 0 spiro atoms. The number of nitrogens with one attached hydrogen (secondary N) is 1. The molecular formula is C12H10N4O4. The second kappa shape index (κ2) is 4.41. The number of piperidine rings is 1. The summed E-state index contributed by atoms with van der Waals surface area (Å²) in [5.41, 5.74) is 0.872. The van der Waals surface area contributed by atoms with Gasteiger partial charge in [-0.3, -0.25) is 14.9 Å². The van der Waals surface area contributed by atoms with Crippen molar-refractivity contribution in [3.8, 4) is 0 Å². The minimum Gasteiger partial charge on any atom is -0.475 e. The Morgan fingerprint density at radius 2 is 2.20 bits per heavy atom. The van der Waals surface area contributed by atoms with Gasteiger partial charge in [0.1, 0.15) is 0 Å². The van der Waals surface area contributed by atoms with Crippen LogP contribution in [0.25, 0.3) is 5.65 Å². The molecule has 8 nitrogen and oxygen atoms in total. The Balaban J connectivity index is 2.09. The Morgan fingerprint density at radius 1 is 1.40 bits per heavy atom. The van der Waals surface area contributed by atoms with E-state index in [1.807, 2.05) is 0 Å². The van der Waals surface area contributed by atoms with E-state index >= 15 is 0 Å². The number of carbonyl (C=O) groups is 3. The maximum atomic E-state index is 11.9. The van der Waals surface area contributed by atoms with E-state index in [-0.39, 0.29) is 18.2 Å². The molecule has 1 atom stereocenters. The van der Waals surface area contributed by atoms with Gasteiger partial charge in [0, 0.05) is 6.42 Å². The van der Waals surface area contributed by atoms with E-state index in [9.17, 15) is 14.4 Å². The van der Waals surface area contributed by atoms with E-state index in [2.05, 4.69) is 15.4 Å². The monoisotopic (exact) mass is 274 g/mol. The van der Waals surface area contributed by atoms with E-state index in [1.54, 1.807) is 18.2 Å². The van der Waals surface area contributed by atoms with Crippen LogP contribution < -0.4 is 5.32 Å². The maximum absolute atomic E-state index is 11.9. The van der Waals surface area contributed by atoms with Crippen LogP contribution in [0.4, 0.5) is 0 Å². The van der Waals surface area contributed by atoms with E-state index in [0.29, 0.717) is 17.8 Å². The molecule has 1 aliphatic rings. The molecule has 3 rings (SSSR count). The summed E-state index contributed by atoms with van der Waals surface area (Å²) in [5.74, 6) is -2.81. The number of pyridine rings is 1. The minimum atomic E-state index is -1.23. The average molecular weight is 274 g/mol. The van der Waals surface area contributed by atoms with Gasteiger partial charge in [-0.25, -0.2) is 14.3 Å². The number of carbonyl (C=O) groups excluding carboxylic acids is 2. The molecule has 1 unspecified atom stereocenters. The zero-order valence-corrected chi connectivity index (χ0v) is 10.2. The van der Waals surface area contributed by atoms with Gasteiger partial charge in [-0.1, -0.05) is 6.07 Å². The Labute approximate surface area is 112 Å². The van der Waals surface area contributed by atoms with Crippen LogP contribution in [0.1, 0.15) is 35.1 Å². The van der Waals surface area contributed by atoms with Crippen LogP contribution in [0, 0.1) is 0 Å². The number of imide groups is 1. The molecule has 1 saturated heterocycles.